The van der Waals surface area contributed by atoms with Crippen molar-refractivity contribution in [3.05, 3.63) is 44.8 Å². The van der Waals surface area contributed by atoms with Crippen LogP contribution in [0.4, 0.5) is 8.78 Å². The van der Waals surface area contributed by atoms with Crippen molar-refractivity contribution in [2.45, 2.75) is 25.4 Å². The zero-order valence-corrected chi connectivity index (χ0v) is 12.4. The van der Waals surface area contributed by atoms with Crippen LogP contribution in [0.5, 0.6) is 5.75 Å². The zero-order chi connectivity index (χ0) is 15.0. The lowest BCUT2D eigenvalue weighted by molar-refractivity contribution is -0.0498. The molecule has 1 aliphatic carbocycles. The van der Waals surface area contributed by atoms with Crippen molar-refractivity contribution in [3.63, 3.8) is 0 Å². The lowest BCUT2D eigenvalue weighted by atomic mass is 10.2. The van der Waals surface area contributed by atoms with Gasteiger partial charge in [0.2, 0.25) is 0 Å². The van der Waals surface area contributed by atoms with E-state index in [-0.39, 0.29) is 11.3 Å². The van der Waals surface area contributed by atoms with Crippen molar-refractivity contribution in [1.29, 1.82) is 0 Å². The molecule has 1 heterocycles. The quantitative estimate of drug-likeness (QED) is 0.908. The van der Waals surface area contributed by atoms with E-state index < -0.39 is 6.61 Å². The number of aromatic nitrogens is 2. The molecule has 1 N–H and O–H groups in total. The van der Waals surface area contributed by atoms with Crippen molar-refractivity contribution >= 4 is 15.9 Å². The van der Waals surface area contributed by atoms with E-state index in [1.54, 1.807) is 12.1 Å². The van der Waals surface area contributed by atoms with E-state index in [1.807, 2.05) is 0 Å². The van der Waals surface area contributed by atoms with Crippen LogP contribution in [0.25, 0.3) is 11.4 Å². The smallest absolute Gasteiger partial charge is 0.387 e. The van der Waals surface area contributed by atoms with Gasteiger partial charge in [-0.25, -0.2) is 4.98 Å². The molecule has 0 spiro atoms. The molecule has 0 amide bonds. The summed E-state index contributed by atoms with van der Waals surface area (Å²) in [5.74, 6) is 0.811. The molecule has 0 saturated heterocycles. The maximum absolute atomic E-state index is 12.1. The number of nitrogens with zero attached hydrogens (tertiary/aromatic N) is 1. The van der Waals surface area contributed by atoms with Crippen LogP contribution in [-0.2, 0) is 0 Å². The van der Waals surface area contributed by atoms with Crippen LogP contribution in [0.15, 0.2) is 33.5 Å². The van der Waals surface area contributed by atoms with Gasteiger partial charge in [0, 0.05) is 11.5 Å². The molecule has 0 bridgehead atoms. The lowest BCUT2D eigenvalue weighted by Gasteiger charge is -2.07. The maximum atomic E-state index is 12.1. The van der Waals surface area contributed by atoms with Crippen LogP contribution in [-0.4, -0.2) is 16.6 Å². The predicted octanol–water partition coefficient (Wildman–Crippen LogP) is 3.68. The number of benzene rings is 1. The first-order valence-corrected chi connectivity index (χ1v) is 7.19. The highest BCUT2D eigenvalue weighted by molar-refractivity contribution is 9.10. The van der Waals surface area contributed by atoms with E-state index in [9.17, 15) is 13.6 Å². The Bertz CT molecular complexity index is 712. The van der Waals surface area contributed by atoms with Gasteiger partial charge in [0.25, 0.3) is 5.56 Å². The summed E-state index contributed by atoms with van der Waals surface area (Å²) in [7, 11) is 0. The monoisotopic (exact) mass is 356 g/mol. The minimum Gasteiger partial charge on any atom is -0.435 e. The third-order valence-corrected chi connectivity index (χ3v) is 3.97. The van der Waals surface area contributed by atoms with Crippen LogP contribution in [0.1, 0.15) is 24.5 Å². The van der Waals surface area contributed by atoms with Crippen molar-refractivity contribution < 1.29 is 13.5 Å². The third kappa shape index (κ3) is 3.12. The van der Waals surface area contributed by atoms with E-state index >= 15 is 0 Å². The van der Waals surface area contributed by atoms with Gasteiger partial charge >= 0.3 is 6.61 Å². The molecule has 7 heteroatoms. The van der Waals surface area contributed by atoms with Gasteiger partial charge in [0.1, 0.15) is 16.0 Å². The molecular formula is C14H11BrF2N2O2. The molecular weight excluding hydrogens is 346 g/mol. The molecule has 0 unspecified atom stereocenters. The van der Waals surface area contributed by atoms with Gasteiger partial charge < -0.3 is 9.72 Å². The molecule has 1 aliphatic rings. The van der Waals surface area contributed by atoms with Gasteiger partial charge in [-0.05, 0) is 53.0 Å². The molecule has 1 fully saturated rings. The number of nitrogens with one attached hydrogen (secondary N) is 1. The highest BCUT2D eigenvalue weighted by Gasteiger charge is 2.29. The SMILES string of the molecule is O=c1[nH]c(-c2ccc(OC(F)F)cc2)nc(C2CC2)c1Br. The third-order valence-electron chi connectivity index (χ3n) is 3.21. The Balaban J connectivity index is 1.94. The number of halogens is 3. The number of ether oxygens (including phenoxy) is 1. The van der Waals surface area contributed by atoms with E-state index in [0.717, 1.165) is 18.5 Å². The fraction of sp³-hybridized carbons (Fsp3) is 0.286. The Hall–Kier alpha value is -1.76. The Labute approximate surface area is 127 Å². The van der Waals surface area contributed by atoms with Crippen molar-refractivity contribution in [2.24, 2.45) is 0 Å². The van der Waals surface area contributed by atoms with Gasteiger partial charge in [-0.2, -0.15) is 8.78 Å². The minimum absolute atomic E-state index is 0.0654. The summed E-state index contributed by atoms with van der Waals surface area (Å²) in [4.78, 5) is 19.0. The molecule has 0 radical (unpaired) electrons. The zero-order valence-electron chi connectivity index (χ0n) is 10.8. The second-order valence-electron chi connectivity index (χ2n) is 4.79. The molecule has 1 aromatic carbocycles. The van der Waals surface area contributed by atoms with Crippen LogP contribution in [0.2, 0.25) is 0 Å². The van der Waals surface area contributed by atoms with Gasteiger partial charge in [0.15, 0.2) is 0 Å². The Morgan fingerprint density at radius 3 is 2.52 bits per heavy atom. The summed E-state index contributed by atoms with van der Waals surface area (Å²) in [5.41, 5.74) is 1.15. The summed E-state index contributed by atoms with van der Waals surface area (Å²) in [6.45, 7) is -2.86. The van der Waals surface area contributed by atoms with Crippen LogP contribution >= 0.6 is 15.9 Å². The molecule has 4 nitrogen and oxygen atoms in total. The lowest BCUT2D eigenvalue weighted by Crippen LogP contribution is -2.13. The highest BCUT2D eigenvalue weighted by atomic mass is 79.9. The van der Waals surface area contributed by atoms with Crippen molar-refractivity contribution in [2.75, 3.05) is 0 Å². The number of hydrogen-bond acceptors (Lipinski definition) is 3. The Kier molecular flexibility index (Phi) is 3.75. The normalized spacial score (nSPS) is 14.5. The van der Waals surface area contributed by atoms with Crippen molar-refractivity contribution in [3.8, 4) is 17.1 Å². The molecule has 21 heavy (non-hydrogen) atoms. The number of rotatable bonds is 4. The van der Waals surface area contributed by atoms with Gasteiger partial charge in [-0.1, -0.05) is 0 Å². The van der Waals surface area contributed by atoms with Crippen molar-refractivity contribution in [1.82, 2.24) is 9.97 Å². The fourth-order valence-electron chi connectivity index (χ4n) is 2.03. The molecule has 3 rings (SSSR count). The molecule has 1 saturated carbocycles. The molecule has 2 aromatic rings. The number of H-pyrrole nitrogens is 1. The first-order valence-electron chi connectivity index (χ1n) is 6.39. The van der Waals surface area contributed by atoms with Gasteiger partial charge in [0.05, 0.1) is 5.69 Å². The van der Waals surface area contributed by atoms with Crippen LogP contribution < -0.4 is 10.3 Å². The average molecular weight is 357 g/mol. The second-order valence-corrected chi connectivity index (χ2v) is 5.58. The van der Waals surface area contributed by atoms with E-state index in [0.29, 0.717) is 21.8 Å². The molecule has 0 atom stereocenters. The predicted molar refractivity (Wildman–Crippen MR) is 76.6 cm³/mol. The second kappa shape index (κ2) is 5.55. The Morgan fingerprint density at radius 2 is 1.95 bits per heavy atom. The van der Waals surface area contributed by atoms with E-state index in [2.05, 4.69) is 30.6 Å². The summed E-state index contributed by atoms with van der Waals surface area (Å²) in [6, 6.07) is 6.00. The number of alkyl halides is 2. The van der Waals surface area contributed by atoms with Gasteiger partial charge in [-0.3, -0.25) is 4.79 Å². The van der Waals surface area contributed by atoms with E-state index in [1.165, 1.54) is 12.1 Å². The number of aromatic amines is 1. The van der Waals surface area contributed by atoms with Gasteiger partial charge in [-0.15, -0.1) is 0 Å². The van der Waals surface area contributed by atoms with Crippen LogP contribution in [0.3, 0.4) is 0 Å². The first-order chi connectivity index (χ1) is 10.0. The van der Waals surface area contributed by atoms with Crippen LogP contribution in [0, 0.1) is 0 Å². The summed E-state index contributed by atoms with van der Waals surface area (Å²) in [6.07, 6.45) is 2.05. The highest BCUT2D eigenvalue weighted by Crippen LogP contribution is 2.41. The summed E-state index contributed by atoms with van der Waals surface area (Å²) < 4.78 is 29.0. The fourth-order valence-corrected chi connectivity index (χ4v) is 2.55. The largest absolute Gasteiger partial charge is 0.435 e. The average Bonchev–Trinajstić information content (AvgIpc) is 3.26. The first kappa shape index (κ1) is 14.2. The maximum Gasteiger partial charge on any atom is 0.387 e. The topological polar surface area (TPSA) is 55.0 Å². The molecule has 110 valence electrons. The minimum atomic E-state index is -2.86. The molecule has 0 aliphatic heterocycles. The Morgan fingerprint density at radius 1 is 1.29 bits per heavy atom. The summed E-state index contributed by atoms with van der Waals surface area (Å²) in [5, 5.41) is 0. The summed E-state index contributed by atoms with van der Waals surface area (Å²) >= 11 is 3.26. The molecule has 1 aromatic heterocycles. The number of hydrogen-bond donors (Lipinski definition) is 1. The standard InChI is InChI=1S/C14H11BrF2N2O2/c15-10-11(7-1-2-7)18-12(19-13(10)20)8-3-5-9(6-4-8)21-14(16)17/h3-7,14H,1-2H2,(H,18,19,20). The van der Waals surface area contributed by atoms with E-state index in [4.69, 9.17) is 0 Å².